The lowest BCUT2D eigenvalue weighted by molar-refractivity contribution is 0.530. The minimum atomic E-state index is 0.367. The van der Waals surface area contributed by atoms with E-state index < -0.39 is 0 Å². The molecule has 3 N–H and O–H groups in total. The summed E-state index contributed by atoms with van der Waals surface area (Å²) >= 11 is 1.55. The standard InChI is InChI=1S/C16H17N7S/c1-9(2)7-23-8-18-12-13(17)20-15(21-14(12)23)22-16-19-10-5-3-4-6-11(10)24-16/h3-6,8-9H,7H2,1-2H3,(H3,17,19,20,21,22). The number of fused-ring (bicyclic) bond motifs is 2. The monoisotopic (exact) mass is 339 g/mol. The molecule has 0 spiro atoms. The van der Waals surface area contributed by atoms with Crippen molar-refractivity contribution in [2.45, 2.75) is 20.4 Å². The van der Waals surface area contributed by atoms with Crippen molar-refractivity contribution in [1.29, 1.82) is 0 Å². The van der Waals surface area contributed by atoms with Gasteiger partial charge in [0, 0.05) is 6.54 Å². The number of hydrogen-bond donors (Lipinski definition) is 2. The van der Waals surface area contributed by atoms with Gasteiger partial charge in [0.1, 0.15) is 5.52 Å². The van der Waals surface area contributed by atoms with Crippen molar-refractivity contribution in [3.05, 3.63) is 30.6 Å². The first-order chi connectivity index (χ1) is 11.6. The van der Waals surface area contributed by atoms with Gasteiger partial charge in [-0.05, 0) is 18.1 Å². The van der Waals surface area contributed by atoms with E-state index in [0.29, 0.717) is 23.2 Å². The van der Waals surface area contributed by atoms with Crippen LogP contribution in [0.5, 0.6) is 0 Å². The Kier molecular flexibility index (Phi) is 3.53. The molecule has 4 aromatic rings. The summed E-state index contributed by atoms with van der Waals surface area (Å²) in [4.78, 5) is 17.8. The highest BCUT2D eigenvalue weighted by Gasteiger charge is 2.13. The molecule has 0 saturated carbocycles. The molecule has 1 aromatic carbocycles. The molecule has 4 rings (SSSR count). The number of benzene rings is 1. The minimum absolute atomic E-state index is 0.367. The summed E-state index contributed by atoms with van der Waals surface area (Å²) in [5.74, 6) is 1.29. The van der Waals surface area contributed by atoms with Crippen LogP contribution in [0.25, 0.3) is 21.4 Å². The fourth-order valence-corrected chi connectivity index (χ4v) is 3.43. The van der Waals surface area contributed by atoms with Crippen molar-refractivity contribution in [3.63, 3.8) is 0 Å². The molecule has 0 saturated heterocycles. The first-order valence-electron chi connectivity index (χ1n) is 7.71. The van der Waals surface area contributed by atoms with E-state index in [1.165, 1.54) is 0 Å². The summed E-state index contributed by atoms with van der Waals surface area (Å²) in [6.45, 7) is 5.13. The van der Waals surface area contributed by atoms with Gasteiger partial charge in [-0.15, -0.1) is 0 Å². The van der Waals surface area contributed by atoms with Gasteiger partial charge in [-0.25, -0.2) is 9.97 Å². The average molecular weight is 339 g/mol. The number of para-hydroxylation sites is 1. The van der Waals surface area contributed by atoms with Crippen LogP contribution in [0.3, 0.4) is 0 Å². The molecule has 0 radical (unpaired) electrons. The Balaban J connectivity index is 1.73. The maximum atomic E-state index is 6.05. The average Bonchev–Trinajstić information content (AvgIpc) is 3.11. The van der Waals surface area contributed by atoms with Crippen LogP contribution in [-0.2, 0) is 6.54 Å². The summed E-state index contributed by atoms with van der Waals surface area (Å²) in [5.41, 5.74) is 8.36. The number of nitrogens with zero attached hydrogens (tertiary/aromatic N) is 5. The maximum absolute atomic E-state index is 6.05. The number of rotatable bonds is 4. The van der Waals surface area contributed by atoms with Gasteiger partial charge in [-0.2, -0.15) is 9.97 Å². The normalized spacial score (nSPS) is 11.6. The van der Waals surface area contributed by atoms with E-state index in [2.05, 4.69) is 39.1 Å². The number of nitrogens with two attached hydrogens (primary N) is 1. The van der Waals surface area contributed by atoms with Gasteiger partial charge in [0.05, 0.1) is 16.5 Å². The van der Waals surface area contributed by atoms with Crippen molar-refractivity contribution in [1.82, 2.24) is 24.5 Å². The third-order valence-electron chi connectivity index (χ3n) is 3.57. The largest absolute Gasteiger partial charge is 0.382 e. The Morgan fingerprint density at radius 1 is 1.21 bits per heavy atom. The summed E-state index contributed by atoms with van der Waals surface area (Å²) in [6, 6.07) is 7.98. The van der Waals surface area contributed by atoms with Gasteiger partial charge in [0.25, 0.3) is 0 Å². The number of nitrogen functional groups attached to an aromatic ring is 1. The second kappa shape index (κ2) is 5.72. The summed E-state index contributed by atoms with van der Waals surface area (Å²) in [7, 11) is 0. The molecule has 0 unspecified atom stereocenters. The molecule has 0 aliphatic rings. The highest BCUT2D eigenvalue weighted by atomic mass is 32.1. The Hall–Kier alpha value is -2.74. The topological polar surface area (TPSA) is 94.5 Å². The zero-order valence-electron chi connectivity index (χ0n) is 13.4. The van der Waals surface area contributed by atoms with Crippen molar-refractivity contribution in [2.24, 2.45) is 5.92 Å². The van der Waals surface area contributed by atoms with Gasteiger partial charge in [-0.1, -0.05) is 37.3 Å². The molecular formula is C16H17N7S. The maximum Gasteiger partial charge on any atom is 0.233 e. The lowest BCUT2D eigenvalue weighted by Gasteiger charge is -2.08. The number of hydrogen-bond acceptors (Lipinski definition) is 7. The van der Waals surface area contributed by atoms with E-state index in [9.17, 15) is 0 Å². The molecule has 0 bridgehead atoms. The van der Waals surface area contributed by atoms with E-state index in [0.717, 1.165) is 27.5 Å². The third-order valence-corrected chi connectivity index (χ3v) is 4.52. The highest BCUT2D eigenvalue weighted by molar-refractivity contribution is 7.22. The fourth-order valence-electron chi connectivity index (χ4n) is 2.57. The van der Waals surface area contributed by atoms with Gasteiger partial charge in [0.15, 0.2) is 16.6 Å². The second-order valence-electron chi connectivity index (χ2n) is 6.01. The molecule has 3 heterocycles. The molecule has 0 fully saturated rings. The third kappa shape index (κ3) is 2.65. The van der Waals surface area contributed by atoms with Crippen LogP contribution in [0.4, 0.5) is 16.9 Å². The number of thiazole rings is 1. The molecule has 0 atom stereocenters. The minimum Gasteiger partial charge on any atom is -0.382 e. The van der Waals surface area contributed by atoms with Crippen LogP contribution >= 0.6 is 11.3 Å². The van der Waals surface area contributed by atoms with Crippen LogP contribution < -0.4 is 11.1 Å². The van der Waals surface area contributed by atoms with E-state index in [-0.39, 0.29) is 0 Å². The van der Waals surface area contributed by atoms with Crippen LogP contribution in [0.15, 0.2) is 30.6 Å². The Morgan fingerprint density at radius 2 is 2.04 bits per heavy atom. The number of anilines is 3. The van der Waals surface area contributed by atoms with E-state index in [1.807, 2.05) is 28.8 Å². The van der Waals surface area contributed by atoms with Crippen molar-refractivity contribution in [2.75, 3.05) is 11.1 Å². The summed E-state index contributed by atoms with van der Waals surface area (Å²) < 4.78 is 3.11. The van der Waals surface area contributed by atoms with E-state index in [4.69, 9.17) is 5.73 Å². The zero-order valence-corrected chi connectivity index (χ0v) is 14.2. The van der Waals surface area contributed by atoms with Crippen molar-refractivity contribution >= 4 is 49.6 Å². The van der Waals surface area contributed by atoms with Crippen molar-refractivity contribution in [3.8, 4) is 0 Å². The predicted octanol–water partition coefficient (Wildman–Crippen LogP) is 3.42. The molecule has 24 heavy (non-hydrogen) atoms. The number of nitrogens with one attached hydrogen (secondary N) is 1. The first kappa shape index (κ1) is 14.8. The van der Waals surface area contributed by atoms with Crippen LogP contribution in [0.1, 0.15) is 13.8 Å². The van der Waals surface area contributed by atoms with Gasteiger partial charge in [-0.3, -0.25) is 5.32 Å². The molecule has 8 heteroatoms. The summed E-state index contributed by atoms with van der Waals surface area (Å²) in [5, 5.41) is 3.90. The van der Waals surface area contributed by atoms with Crippen LogP contribution in [-0.4, -0.2) is 24.5 Å². The lowest BCUT2D eigenvalue weighted by Crippen LogP contribution is -2.06. The molecule has 0 amide bonds. The Morgan fingerprint density at radius 3 is 2.83 bits per heavy atom. The smallest absolute Gasteiger partial charge is 0.233 e. The Labute approximate surface area is 142 Å². The molecular weight excluding hydrogens is 322 g/mol. The van der Waals surface area contributed by atoms with Gasteiger partial charge < -0.3 is 10.3 Å². The molecule has 0 aliphatic carbocycles. The molecule has 0 aliphatic heterocycles. The molecule has 122 valence electrons. The van der Waals surface area contributed by atoms with Crippen LogP contribution in [0, 0.1) is 5.92 Å². The summed E-state index contributed by atoms with van der Waals surface area (Å²) in [6.07, 6.45) is 1.76. The van der Waals surface area contributed by atoms with Gasteiger partial charge in [0.2, 0.25) is 5.95 Å². The van der Waals surface area contributed by atoms with Gasteiger partial charge >= 0.3 is 0 Å². The Bertz CT molecular complexity index is 985. The lowest BCUT2D eigenvalue weighted by atomic mass is 10.2. The quantitative estimate of drug-likeness (QED) is 0.591. The van der Waals surface area contributed by atoms with Crippen molar-refractivity contribution < 1.29 is 0 Å². The number of aromatic nitrogens is 5. The SMILES string of the molecule is CC(C)Cn1cnc2c(N)nc(Nc3nc4ccccc4s3)nc21. The number of imidazole rings is 1. The van der Waals surface area contributed by atoms with Crippen LogP contribution in [0.2, 0.25) is 0 Å². The second-order valence-corrected chi connectivity index (χ2v) is 7.04. The first-order valence-corrected chi connectivity index (χ1v) is 8.53. The van der Waals surface area contributed by atoms with E-state index in [1.54, 1.807) is 17.7 Å². The molecule has 3 aromatic heterocycles. The highest BCUT2D eigenvalue weighted by Crippen LogP contribution is 2.28. The predicted molar refractivity (Wildman–Crippen MR) is 97.5 cm³/mol. The zero-order chi connectivity index (χ0) is 16.7. The van der Waals surface area contributed by atoms with E-state index >= 15 is 0 Å². The molecule has 7 nitrogen and oxygen atoms in total. The fraction of sp³-hybridized carbons (Fsp3) is 0.250.